The minimum Gasteiger partial charge on any atom is -0.291 e. The lowest BCUT2D eigenvalue weighted by atomic mass is 10.1. The smallest absolute Gasteiger partial charge is 0.291 e. The van der Waals surface area contributed by atoms with Crippen LogP contribution >= 0.6 is 23.2 Å². The zero-order valence-corrected chi connectivity index (χ0v) is 15.2. The van der Waals surface area contributed by atoms with E-state index in [-0.39, 0.29) is 28.2 Å². The first-order valence-corrected chi connectivity index (χ1v) is 8.25. The van der Waals surface area contributed by atoms with Gasteiger partial charge in [-0.25, -0.2) is 9.18 Å². The van der Waals surface area contributed by atoms with E-state index in [1.54, 1.807) is 0 Å². The summed E-state index contributed by atoms with van der Waals surface area (Å²) in [5, 5.41) is 1.98. The largest absolute Gasteiger partial charge is 0.416 e. The third-order valence-electron chi connectivity index (χ3n) is 3.54. The first kappa shape index (κ1) is 21.0. The number of halogens is 6. The summed E-state index contributed by atoms with van der Waals surface area (Å²) in [5.74, 6) is -2.19. The number of nitrogens with zero attached hydrogens (tertiary/aromatic N) is 1. The Bertz CT molecular complexity index is 867. The third-order valence-corrected chi connectivity index (χ3v) is 4.17. The van der Waals surface area contributed by atoms with Crippen molar-refractivity contribution in [1.29, 1.82) is 0 Å². The van der Waals surface area contributed by atoms with Gasteiger partial charge in [0.25, 0.3) is 5.91 Å². The Kier molecular flexibility index (Phi) is 6.33. The van der Waals surface area contributed by atoms with Crippen molar-refractivity contribution in [1.82, 2.24) is 5.32 Å². The Hall–Kier alpha value is -2.32. The van der Waals surface area contributed by atoms with Crippen LogP contribution in [0.4, 0.5) is 28.0 Å². The maximum Gasteiger partial charge on any atom is 0.416 e. The highest BCUT2D eigenvalue weighted by molar-refractivity contribution is 6.40. The molecule has 144 valence electrons. The maximum absolute atomic E-state index is 14.1. The van der Waals surface area contributed by atoms with Crippen molar-refractivity contribution in [3.8, 4) is 0 Å². The molecule has 0 aliphatic carbocycles. The average Bonchev–Trinajstić information content (AvgIpc) is 2.55. The van der Waals surface area contributed by atoms with Crippen molar-refractivity contribution in [3.63, 3.8) is 0 Å². The Morgan fingerprint density at radius 3 is 2.19 bits per heavy atom. The monoisotopic (exact) mass is 422 g/mol. The van der Waals surface area contributed by atoms with Crippen LogP contribution in [0, 0.1) is 5.82 Å². The molecule has 2 rings (SSSR count). The number of urea groups is 1. The number of amides is 3. The van der Waals surface area contributed by atoms with Crippen molar-refractivity contribution < 1.29 is 27.2 Å². The zero-order valence-electron chi connectivity index (χ0n) is 13.7. The fourth-order valence-electron chi connectivity index (χ4n) is 2.27. The predicted molar refractivity (Wildman–Crippen MR) is 93.7 cm³/mol. The number of carbonyl (C=O) groups excluding carboxylic acids is 2. The molecule has 2 aromatic rings. The van der Waals surface area contributed by atoms with Crippen LogP contribution in [-0.4, -0.2) is 18.5 Å². The van der Waals surface area contributed by atoms with Crippen molar-refractivity contribution in [2.75, 3.05) is 11.4 Å². The number of rotatable bonds is 3. The molecule has 27 heavy (non-hydrogen) atoms. The minimum absolute atomic E-state index is 0.00319. The van der Waals surface area contributed by atoms with E-state index in [0.717, 1.165) is 11.0 Å². The van der Waals surface area contributed by atoms with Gasteiger partial charge < -0.3 is 0 Å². The average molecular weight is 423 g/mol. The van der Waals surface area contributed by atoms with Gasteiger partial charge in [-0.3, -0.25) is 15.0 Å². The van der Waals surface area contributed by atoms with E-state index >= 15 is 0 Å². The van der Waals surface area contributed by atoms with Gasteiger partial charge in [-0.05, 0) is 37.3 Å². The zero-order chi connectivity index (χ0) is 20.4. The lowest BCUT2D eigenvalue weighted by molar-refractivity contribution is -0.137. The van der Waals surface area contributed by atoms with Gasteiger partial charge >= 0.3 is 12.2 Å². The SMILES string of the molecule is CCN(C(=O)NC(=O)c1c(Cl)cccc1Cl)c1ccc(C(F)(F)F)cc1F. The lowest BCUT2D eigenvalue weighted by Gasteiger charge is -2.22. The third kappa shape index (κ3) is 4.70. The first-order chi connectivity index (χ1) is 12.6. The molecule has 0 radical (unpaired) electrons. The summed E-state index contributed by atoms with van der Waals surface area (Å²) in [4.78, 5) is 25.4. The summed E-state index contributed by atoms with van der Waals surface area (Å²) in [6.45, 7) is 1.35. The van der Waals surface area contributed by atoms with Gasteiger partial charge in [0, 0.05) is 6.54 Å². The molecule has 0 saturated carbocycles. The molecule has 0 spiro atoms. The van der Waals surface area contributed by atoms with Crippen LogP contribution in [0.25, 0.3) is 0 Å². The summed E-state index contributed by atoms with van der Waals surface area (Å²) in [7, 11) is 0. The van der Waals surface area contributed by atoms with Gasteiger partial charge in [-0.15, -0.1) is 0 Å². The topological polar surface area (TPSA) is 49.4 Å². The van der Waals surface area contributed by atoms with Crippen molar-refractivity contribution in [2.45, 2.75) is 13.1 Å². The van der Waals surface area contributed by atoms with Gasteiger partial charge in [-0.1, -0.05) is 29.3 Å². The van der Waals surface area contributed by atoms with Crippen LogP contribution in [0.15, 0.2) is 36.4 Å². The second kappa shape index (κ2) is 8.14. The van der Waals surface area contributed by atoms with E-state index in [1.807, 2.05) is 5.32 Å². The van der Waals surface area contributed by atoms with E-state index in [4.69, 9.17) is 23.2 Å². The lowest BCUT2D eigenvalue weighted by Crippen LogP contribution is -2.43. The summed E-state index contributed by atoms with van der Waals surface area (Å²) in [6.07, 6.45) is -4.73. The van der Waals surface area contributed by atoms with E-state index in [9.17, 15) is 27.2 Å². The number of benzene rings is 2. The van der Waals surface area contributed by atoms with Crippen molar-refractivity contribution in [2.24, 2.45) is 0 Å². The molecule has 0 aliphatic heterocycles. The van der Waals surface area contributed by atoms with Gasteiger partial charge in [-0.2, -0.15) is 13.2 Å². The molecule has 0 unspecified atom stereocenters. The fraction of sp³-hybridized carbons (Fsp3) is 0.176. The highest BCUT2D eigenvalue weighted by Gasteiger charge is 2.32. The number of carbonyl (C=O) groups is 2. The molecule has 2 aromatic carbocycles. The molecule has 0 aromatic heterocycles. The molecule has 1 N–H and O–H groups in total. The van der Waals surface area contributed by atoms with Crippen LogP contribution in [0.1, 0.15) is 22.8 Å². The van der Waals surface area contributed by atoms with E-state index < -0.39 is 35.2 Å². The molecule has 0 fully saturated rings. The maximum atomic E-state index is 14.1. The van der Waals surface area contributed by atoms with Crippen molar-refractivity contribution in [3.05, 3.63) is 63.4 Å². The number of hydrogen-bond donors (Lipinski definition) is 1. The number of hydrogen-bond acceptors (Lipinski definition) is 2. The van der Waals surface area contributed by atoms with Crippen LogP contribution in [0.5, 0.6) is 0 Å². The minimum atomic E-state index is -4.73. The summed E-state index contributed by atoms with van der Waals surface area (Å²) < 4.78 is 52.1. The quantitative estimate of drug-likeness (QED) is 0.661. The van der Waals surface area contributed by atoms with E-state index in [1.165, 1.54) is 25.1 Å². The number of nitrogens with one attached hydrogen (secondary N) is 1. The summed E-state index contributed by atoms with van der Waals surface area (Å²) in [5.41, 5.74) is -1.77. The van der Waals surface area contributed by atoms with Crippen LogP contribution < -0.4 is 10.2 Å². The molecule has 0 bridgehead atoms. The number of alkyl halides is 3. The number of imide groups is 1. The molecule has 0 saturated heterocycles. The van der Waals surface area contributed by atoms with Gasteiger partial charge in [0.05, 0.1) is 26.9 Å². The molecule has 10 heteroatoms. The first-order valence-electron chi connectivity index (χ1n) is 7.49. The second-order valence-corrected chi connectivity index (χ2v) is 6.08. The molecule has 0 heterocycles. The molecule has 3 amide bonds. The van der Waals surface area contributed by atoms with E-state index in [2.05, 4.69) is 0 Å². The predicted octanol–water partition coefficient (Wildman–Crippen LogP) is 5.53. The highest BCUT2D eigenvalue weighted by atomic mass is 35.5. The Balaban J connectivity index is 2.27. The summed E-state index contributed by atoms with van der Waals surface area (Å²) in [6, 6.07) is 4.96. The summed E-state index contributed by atoms with van der Waals surface area (Å²) >= 11 is 11.8. The normalized spacial score (nSPS) is 11.2. The van der Waals surface area contributed by atoms with Crippen LogP contribution in [0.3, 0.4) is 0 Å². The Morgan fingerprint density at radius 1 is 1.11 bits per heavy atom. The molecular weight excluding hydrogens is 411 g/mol. The highest BCUT2D eigenvalue weighted by Crippen LogP contribution is 2.32. The Labute approximate surface area is 161 Å². The molecule has 0 aliphatic rings. The number of anilines is 1. The Morgan fingerprint density at radius 2 is 1.70 bits per heavy atom. The van der Waals surface area contributed by atoms with Crippen LogP contribution in [-0.2, 0) is 6.18 Å². The molecule has 0 atom stereocenters. The van der Waals surface area contributed by atoms with Gasteiger partial charge in [0.1, 0.15) is 5.82 Å². The molecule has 4 nitrogen and oxygen atoms in total. The van der Waals surface area contributed by atoms with Gasteiger partial charge in [0.2, 0.25) is 0 Å². The standard InChI is InChI=1S/C17H12Cl2F4N2O2/c1-2-25(13-7-6-9(8-12(13)20)17(21,22)23)16(27)24-15(26)14-10(18)4-3-5-11(14)19/h3-8H,2H2,1H3,(H,24,26,27). The van der Waals surface area contributed by atoms with Gasteiger partial charge in [0.15, 0.2) is 0 Å². The second-order valence-electron chi connectivity index (χ2n) is 5.26. The van der Waals surface area contributed by atoms with E-state index in [0.29, 0.717) is 6.07 Å². The fourth-order valence-corrected chi connectivity index (χ4v) is 2.84. The van der Waals surface area contributed by atoms with Crippen molar-refractivity contribution >= 4 is 40.8 Å². The van der Waals surface area contributed by atoms with Crippen LogP contribution in [0.2, 0.25) is 10.0 Å². The molecular formula is C17H12Cl2F4N2O2.